The number of hydrogen-bond donors (Lipinski definition) is 0. The van der Waals surface area contributed by atoms with Gasteiger partial charge in [-0.25, -0.2) is 12.7 Å². The number of esters is 1. The summed E-state index contributed by atoms with van der Waals surface area (Å²) in [4.78, 5) is 11.2. The molecule has 0 atom stereocenters. The fourth-order valence-electron chi connectivity index (χ4n) is 1.90. The largest absolute Gasteiger partial charge is 0.466 e. The highest BCUT2D eigenvalue weighted by Crippen LogP contribution is 2.22. The molecule has 6 heteroatoms. The van der Waals surface area contributed by atoms with Crippen molar-refractivity contribution in [3.8, 4) is 0 Å². The number of rotatable bonds is 4. The SMILES string of the molecule is CCOC(=O)CC1CCN(S(C)(=O)=O)CC1. The average molecular weight is 249 g/mol. The first kappa shape index (κ1) is 13.4. The zero-order chi connectivity index (χ0) is 12.2. The van der Waals surface area contributed by atoms with Gasteiger partial charge in [0.2, 0.25) is 10.0 Å². The molecule has 0 N–H and O–H groups in total. The van der Waals surface area contributed by atoms with Gasteiger partial charge >= 0.3 is 5.97 Å². The van der Waals surface area contributed by atoms with E-state index >= 15 is 0 Å². The standard InChI is InChI=1S/C10H19NO4S/c1-3-15-10(12)8-9-4-6-11(7-5-9)16(2,13)14/h9H,3-8H2,1-2H3. The first-order valence-electron chi connectivity index (χ1n) is 5.54. The molecular formula is C10H19NO4S. The number of piperidine rings is 1. The fourth-order valence-corrected chi connectivity index (χ4v) is 2.77. The van der Waals surface area contributed by atoms with Crippen LogP contribution in [-0.2, 0) is 19.6 Å². The van der Waals surface area contributed by atoms with Gasteiger partial charge < -0.3 is 4.74 Å². The first-order valence-corrected chi connectivity index (χ1v) is 7.39. The van der Waals surface area contributed by atoms with Gasteiger partial charge in [-0.2, -0.15) is 0 Å². The first-order chi connectivity index (χ1) is 7.43. The molecule has 0 saturated carbocycles. The Labute approximate surface area is 96.8 Å². The number of carbonyl (C=O) groups is 1. The quantitative estimate of drug-likeness (QED) is 0.685. The van der Waals surface area contributed by atoms with Crippen molar-refractivity contribution < 1.29 is 17.9 Å². The molecule has 1 fully saturated rings. The van der Waals surface area contributed by atoms with Gasteiger partial charge in [-0.15, -0.1) is 0 Å². The van der Waals surface area contributed by atoms with Gasteiger partial charge in [0, 0.05) is 19.5 Å². The molecule has 1 rings (SSSR count). The summed E-state index contributed by atoms with van der Waals surface area (Å²) in [6.07, 6.45) is 3.11. The Hall–Kier alpha value is -0.620. The molecule has 1 aliphatic heterocycles. The predicted molar refractivity (Wildman–Crippen MR) is 60.4 cm³/mol. The lowest BCUT2D eigenvalue weighted by molar-refractivity contribution is -0.144. The van der Waals surface area contributed by atoms with Gasteiger partial charge in [-0.1, -0.05) is 0 Å². The van der Waals surface area contributed by atoms with Crippen molar-refractivity contribution in [1.29, 1.82) is 0 Å². The van der Waals surface area contributed by atoms with E-state index in [2.05, 4.69) is 0 Å². The highest BCUT2D eigenvalue weighted by molar-refractivity contribution is 7.88. The van der Waals surface area contributed by atoms with E-state index in [0.29, 0.717) is 26.1 Å². The Balaban J connectivity index is 2.35. The van der Waals surface area contributed by atoms with Crippen molar-refractivity contribution >= 4 is 16.0 Å². The summed E-state index contributed by atoms with van der Waals surface area (Å²) in [6, 6.07) is 0. The second-order valence-electron chi connectivity index (χ2n) is 4.11. The Morgan fingerprint density at radius 3 is 2.38 bits per heavy atom. The highest BCUT2D eigenvalue weighted by atomic mass is 32.2. The lowest BCUT2D eigenvalue weighted by Crippen LogP contribution is -2.38. The monoisotopic (exact) mass is 249 g/mol. The molecule has 0 aliphatic carbocycles. The van der Waals surface area contributed by atoms with E-state index in [1.54, 1.807) is 6.92 Å². The molecule has 0 bridgehead atoms. The van der Waals surface area contributed by atoms with Gasteiger partial charge in [-0.05, 0) is 25.7 Å². The summed E-state index contributed by atoms with van der Waals surface area (Å²) in [6.45, 7) is 3.22. The number of hydrogen-bond acceptors (Lipinski definition) is 4. The van der Waals surface area contributed by atoms with Crippen LogP contribution in [0.5, 0.6) is 0 Å². The Bertz CT molecular complexity index is 331. The maximum absolute atomic E-state index is 11.3. The minimum absolute atomic E-state index is 0.180. The predicted octanol–water partition coefficient (Wildman–Crippen LogP) is 0.611. The molecule has 1 heterocycles. The van der Waals surface area contributed by atoms with Crippen molar-refractivity contribution in [2.45, 2.75) is 26.2 Å². The minimum atomic E-state index is -3.07. The Morgan fingerprint density at radius 1 is 1.38 bits per heavy atom. The third-order valence-corrected chi connectivity index (χ3v) is 4.11. The van der Waals surface area contributed by atoms with Crippen LogP contribution >= 0.6 is 0 Å². The van der Waals surface area contributed by atoms with Crippen LogP contribution in [0.3, 0.4) is 0 Å². The Kier molecular flexibility index (Phi) is 4.73. The zero-order valence-corrected chi connectivity index (χ0v) is 10.6. The van der Waals surface area contributed by atoms with E-state index in [1.165, 1.54) is 10.6 Å². The molecule has 0 aromatic carbocycles. The second kappa shape index (κ2) is 5.63. The van der Waals surface area contributed by atoms with Crippen LogP contribution in [0, 0.1) is 5.92 Å². The van der Waals surface area contributed by atoms with Crippen molar-refractivity contribution in [2.24, 2.45) is 5.92 Å². The summed E-state index contributed by atoms with van der Waals surface area (Å²) in [5, 5.41) is 0. The number of carbonyl (C=O) groups excluding carboxylic acids is 1. The summed E-state index contributed by atoms with van der Waals surface area (Å²) in [5.41, 5.74) is 0. The van der Waals surface area contributed by atoms with E-state index in [0.717, 1.165) is 12.8 Å². The van der Waals surface area contributed by atoms with E-state index < -0.39 is 10.0 Å². The van der Waals surface area contributed by atoms with Crippen molar-refractivity contribution in [3.05, 3.63) is 0 Å². The topological polar surface area (TPSA) is 63.7 Å². The number of nitrogens with zero attached hydrogens (tertiary/aromatic N) is 1. The lowest BCUT2D eigenvalue weighted by Gasteiger charge is -2.29. The summed E-state index contributed by atoms with van der Waals surface area (Å²) in [7, 11) is -3.07. The number of ether oxygens (including phenoxy) is 1. The molecule has 0 spiro atoms. The summed E-state index contributed by atoms with van der Waals surface area (Å²) < 4.78 is 28.8. The van der Waals surface area contributed by atoms with Crippen LogP contribution in [0.1, 0.15) is 26.2 Å². The molecular weight excluding hydrogens is 230 g/mol. The van der Waals surface area contributed by atoms with Crippen molar-refractivity contribution in [1.82, 2.24) is 4.31 Å². The van der Waals surface area contributed by atoms with Gasteiger partial charge in [0.15, 0.2) is 0 Å². The Morgan fingerprint density at radius 2 is 1.94 bits per heavy atom. The van der Waals surface area contributed by atoms with Crippen LogP contribution < -0.4 is 0 Å². The molecule has 5 nitrogen and oxygen atoms in total. The lowest BCUT2D eigenvalue weighted by atomic mass is 9.95. The summed E-state index contributed by atoms with van der Waals surface area (Å²) >= 11 is 0. The van der Waals surface area contributed by atoms with Crippen LogP contribution in [0.4, 0.5) is 0 Å². The van der Waals surface area contributed by atoms with E-state index in [-0.39, 0.29) is 11.9 Å². The van der Waals surface area contributed by atoms with Crippen LogP contribution in [-0.4, -0.2) is 44.6 Å². The molecule has 1 aliphatic rings. The summed E-state index contributed by atoms with van der Waals surface area (Å²) in [5.74, 6) is 0.0809. The normalized spacial score (nSPS) is 19.6. The maximum atomic E-state index is 11.3. The van der Waals surface area contributed by atoms with E-state index in [9.17, 15) is 13.2 Å². The molecule has 94 valence electrons. The molecule has 0 unspecified atom stereocenters. The molecule has 0 amide bonds. The van der Waals surface area contributed by atoms with Crippen LogP contribution in [0.15, 0.2) is 0 Å². The van der Waals surface area contributed by atoms with Crippen molar-refractivity contribution in [3.63, 3.8) is 0 Å². The van der Waals surface area contributed by atoms with Crippen LogP contribution in [0.25, 0.3) is 0 Å². The fraction of sp³-hybridized carbons (Fsp3) is 0.900. The molecule has 16 heavy (non-hydrogen) atoms. The van der Waals surface area contributed by atoms with E-state index in [4.69, 9.17) is 4.74 Å². The maximum Gasteiger partial charge on any atom is 0.306 e. The molecule has 0 radical (unpaired) electrons. The second-order valence-corrected chi connectivity index (χ2v) is 6.10. The van der Waals surface area contributed by atoms with Crippen molar-refractivity contribution in [2.75, 3.05) is 26.0 Å². The molecule has 0 aromatic rings. The van der Waals surface area contributed by atoms with Gasteiger partial charge in [0.05, 0.1) is 12.9 Å². The average Bonchev–Trinajstić information content (AvgIpc) is 2.17. The van der Waals surface area contributed by atoms with E-state index in [1.807, 2.05) is 0 Å². The van der Waals surface area contributed by atoms with Gasteiger partial charge in [-0.3, -0.25) is 4.79 Å². The van der Waals surface area contributed by atoms with Gasteiger partial charge in [0.25, 0.3) is 0 Å². The number of sulfonamides is 1. The minimum Gasteiger partial charge on any atom is -0.466 e. The smallest absolute Gasteiger partial charge is 0.306 e. The zero-order valence-electron chi connectivity index (χ0n) is 9.81. The molecule has 0 aromatic heterocycles. The van der Waals surface area contributed by atoms with Gasteiger partial charge in [0.1, 0.15) is 0 Å². The van der Waals surface area contributed by atoms with Crippen LogP contribution in [0.2, 0.25) is 0 Å². The molecule has 1 saturated heterocycles. The highest BCUT2D eigenvalue weighted by Gasteiger charge is 2.26. The third kappa shape index (κ3) is 4.09. The third-order valence-electron chi connectivity index (χ3n) is 2.80.